The maximum Gasteiger partial charge on any atom is 0.0684 e. The van der Waals surface area contributed by atoms with Crippen molar-refractivity contribution in [1.82, 2.24) is 5.32 Å². The van der Waals surface area contributed by atoms with Crippen molar-refractivity contribution in [3.05, 3.63) is 0 Å². The minimum Gasteiger partial charge on any atom is -0.317 e. The van der Waals surface area contributed by atoms with Crippen molar-refractivity contribution in [1.29, 1.82) is 5.26 Å². The first-order valence-corrected chi connectivity index (χ1v) is 7.63. The molecule has 0 spiro atoms. The van der Waals surface area contributed by atoms with Crippen LogP contribution in [0.5, 0.6) is 0 Å². The van der Waals surface area contributed by atoms with Gasteiger partial charge in [0.05, 0.1) is 11.5 Å². The van der Waals surface area contributed by atoms with Crippen molar-refractivity contribution in [2.45, 2.75) is 46.0 Å². The molecule has 1 N–H and O–H groups in total. The molecule has 94 valence electrons. The van der Waals surface area contributed by atoms with Gasteiger partial charge in [0.1, 0.15) is 0 Å². The number of nitrogens with zero attached hydrogens (tertiary/aromatic N) is 1. The maximum absolute atomic E-state index is 8.84. The van der Waals surface area contributed by atoms with E-state index in [0.29, 0.717) is 0 Å². The van der Waals surface area contributed by atoms with Gasteiger partial charge >= 0.3 is 0 Å². The predicted octanol–water partition coefficient (Wildman–Crippen LogP) is 3.44. The molecule has 0 aromatic heterocycles. The lowest BCUT2D eigenvalue weighted by Crippen LogP contribution is -2.22. The molecule has 0 atom stereocenters. The minimum absolute atomic E-state index is 0.175. The second kappa shape index (κ2) is 9.99. The van der Waals surface area contributed by atoms with Crippen LogP contribution in [0, 0.1) is 16.7 Å². The summed E-state index contributed by atoms with van der Waals surface area (Å²) in [4.78, 5) is 0. The highest BCUT2D eigenvalue weighted by molar-refractivity contribution is 7.98. The highest BCUT2D eigenvalue weighted by Crippen LogP contribution is 2.17. The molecule has 0 unspecified atom stereocenters. The Morgan fingerprint density at radius 1 is 1.12 bits per heavy atom. The van der Waals surface area contributed by atoms with Crippen molar-refractivity contribution in [2.75, 3.05) is 25.1 Å². The van der Waals surface area contributed by atoms with E-state index in [1.54, 1.807) is 0 Å². The molecule has 16 heavy (non-hydrogen) atoms. The average Bonchev–Trinajstić information content (AvgIpc) is 2.27. The van der Waals surface area contributed by atoms with Crippen LogP contribution in [-0.2, 0) is 0 Å². The predicted molar refractivity (Wildman–Crippen MR) is 73.7 cm³/mol. The van der Waals surface area contributed by atoms with Crippen LogP contribution in [-0.4, -0.2) is 25.1 Å². The molecule has 0 amide bonds. The third-order valence-corrected chi connectivity index (χ3v) is 3.38. The van der Waals surface area contributed by atoms with E-state index in [1.807, 2.05) is 25.6 Å². The first kappa shape index (κ1) is 15.8. The van der Waals surface area contributed by atoms with E-state index in [9.17, 15) is 0 Å². The van der Waals surface area contributed by atoms with Gasteiger partial charge in [-0.05, 0) is 58.2 Å². The van der Waals surface area contributed by atoms with E-state index in [1.165, 1.54) is 31.4 Å². The van der Waals surface area contributed by atoms with Gasteiger partial charge in [0.2, 0.25) is 0 Å². The number of hydrogen-bond donors (Lipinski definition) is 1. The molecular formula is C13H26N2S. The molecule has 0 saturated carbocycles. The average molecular weight is 242 g/mol. The first-order chi connectivity index (χ1) is 7.62. The molecule has 3 heteroatoms. The Hall–Kier alpha value is -0.200. The van der Waals surface area contributed by atoms with Gasteiger partial charge in [-0.1, -0.05) is 12.8 Å². The number of rotatable bonds is 10. The highest BCUT2D eigenvalue weighted by Gasteiger charge is 2.14. The van der Waals surface area contributed by atoms with Gasteiger partial charge in [-0.25, -0.2) is 0 Å². The van der Waals surface area contributed by atoms with Crippen LogP contribution in [0.2, 0.25) is 0 Å². The van der Waals surface area contributed by atoms with E-state index in [2.05, 4.69) is 17.6 Å². The lowest BCUT2D eigenvalue weighted by atomic mass is 9.91. The van der Waals surface area contributed by atoms with Crippen molar-refractivity contribution < 1.29 is 0 Å². The molecule has 0 aliphatic rings. The van der Waals surface area contributed by atoms with Gasteiger partial charge in [0, 0.05) is 0 Å². The van der Waals surface area contributed by atoms with Crippen LogP contribution in [0.15, 0.2) is 0 Å². The van der Waals surface area contributed by atoms with Crippen molar-refractivity contribution in [2.24, 2.45) is 5.41 Å². The fraction of sp³-hybridized carbons (Fsp3) is 0.923. The lowest BCUT2D eigenvalue weighted by molar-refractivity contribution is 0.430. The lowest BCUT2D eigenvalue weighted by Gasteiger charge is -2.14. The normalized spacial score (nSPS) is 11.4. The summed E-state index contributed by atoms with van der Waals surface area (Å²) in [7, 11) is 0. The van der Waals surface area contributed by atoms with Gasteiger partial charge in [0.25, 0.3) is 0 Å². The molecule has 0 aromatic rings. The summed E-state index contributed by atoms with van der Waals surface area (Å²) in [6.07, 6.45) is 8.40. The quantitative estimate of drug-likeness (QED) is 0.596. The zero-order valence-corrected chi connectivity index (χ0v) is 11.8. The molecule has 0 heterocycles. The van der Waals surface area contributed by atoms with E-state index in [4.69, 9.17) is 5.26 Å². The molecule has 0 aliphatic heterocycles. The Morgan fingerprint density at radius 3 is 2.44 bits per heavy atom. The van der Waals surface area contributed by atoms with Crippen LogP contribution in [0.3, 0.4) is 0 Å². The second-order valence-corrected chi connectivity index (χ2v) is 5.89. The summed E-state index contributed by atoms with van der Waals surface area (Å²) < 4.78 is 0. The van der Waals surface area contributed by atoms with Crippen molar-refractivity contribution in [3.8, 4) is 6.07 Å². The molecule has 0 fully saturated rings. The van der Waals surface area contributed by atoms with Gasteiger partial charge in [-0.15, -0.1) is 0 Å². The van der Waals surface area contributed by atoms with Crippen molar-refractivity contribution >= 4 is 11.8 Å². The van der Waals surface area contributed by atoms with Crippen LogP contribution >= 0.6 is 11.8 Å². The summed E-state index contributed by atoms with van der Waals surface area (Å²) in [6.45, 7) is 6.06. The molecule has 0 rings (SSSR count). The Morgan fingerprint density at radius 2 is 1.81 bits per heavy atom. The molecule has 0 radical (unpaired) electrons. The Kier molecular flexibility index (Phi) is 9.86. The van der Waals surface area contributed by atoms with Crippen LogP contribution in [0.25, 0.3) is 0 Å². The monoisotopic (exact) mass is 242 g/mol. The summed E-state index contributed by atoms with van der Waals surface area (Å²) in [5.41, 5.74) is -0.175. The van der Waals surface area contributed by atoms with Crippen LogP contribution < -0.4 is 5.32 Å². The molecule has 0 aliphatic carbocycles. The number of nitriles is 1. The van der Waals surface area contributed by atoms with Crippen molar-refractivity contribution in [3.63, 3.8) is 0 Å². The topological polar surface area (TPSA) is 35.8 Å². The van der Waals surface area contributed by atoms with E-state index < -0.39 is 0 Å². The third-order valence-electron chi connectivity index (χ3n) is 2.68. The molecule has 0 aromatic carbocycles. The van der Waals surface area contributed by atoms with Gasteiger partial charge in [0.15, 0.2) is 0 Å². The number of thioether (sulfide) groups is 1. The van der Waals surface area contributed by atoms with E-state index >= 15 is 0 Å². The van der Waals surface area contributed by atoms with E-state index in [0.717, 1.165) is 19.5 Å². The molecule has 0 bridgehead atoms. The Balaban J connectivity index is 3.14. The van der Waals surface area contributed by atoms with E-state index in [-0.39, 0.29) is 5.41 Å². The van der Waals surface area contributed by atoms with Crippen LogP contribution in [0.1, 0.15) is 46.0 Å². The van der Waals surface area contributed by atoms with Gasteiger partial charge < -0.3 is 5.32 Å². The SMILES string of the molecule is CSCCCCCCNCCC(C)(C)C#N. The molecule has 2 nitrogen and oxygen atoms in total. The fourth-order valence-corrected chi connectivity index (χ4v) is 1.92. The third kappa shape index (κ3) is 10.3. The highest BCUT2D eigenvalue weighted by atomic mass is 32.2. The number of unbranched alkanes of at least 4 members (excludes halogenated alkanes) is 3. The summed E-state index contributed by atoms with van der Waals surface area (Å²) in [6, 6.07) is 2.32. The minimum atomic E-state index is -0.175. The zero-order chi connectivity index (χ0) is 12.3. The smallest absolute Gasteiger partial charge is 0.0684 e. The summed E-state index contributed by atoms with van der Waals surface area (Å²) in [5, 5.41) is 12.2. The van der Waals surface area contributed by atoms with Crippen LogP contribution in [0.4, 0.5) is 0 Å². The largest absolute Gasteiger partial charge is 0.317 e. The molecule has 0 saturated heterocycles. The number of hydrogen-bond acceptors (Lipinski definition) is 3. The second-order valence-electron chi connectivity index (χ2n) is 4.90. The number of nitrogens with one attached hydrogen (secondary N) is 1. The standard InChI is InChI=1S/C13H26N2S/c1-13(2,12-14)8-10-15-9-6-4-5-7-11-16-3/h15H,4-11H2,1-3H3. The molecular weight excluding hydrogens is 216 g/mol. The Bertz CT molecular complexity index is 197. The Labute approximate surface area is 105 Å². The fourth-order valence-electron chi connectivity index (χ4n) is 1.43. The summed E-state index contributed by atoms with van der Waals surface area (Å²) in [5.74, 6) is 1.30. The first-order valence-electron chi connectivity index (χ1n) is 6.23. The summed E-state index contributed by atoms with van der Waals surface area (Å²) >= 11 is 1.93. The maximum atomic E-state index is 8.84. The zero-order valence-electron chi connectivity index (χ0n) is 11.0. The van der Waals surface area contributed by atoms with Gasteiger partial charge in [-0.3, -0.25) is 0 Å². The van der Waals surface area contributed by atoms with Gasteiger partial charge in [-0.2, -0.15) is 17.0 Å².